The van der Waals surface area contributed by atoms with E-state index in [2.05, 4.69) is 72.8 Å². The summed E-state index contributed by atoms with van der Waals surface area (Å²) in [6.45, 7) is 28.7. The van der Waals surface area contributed by atoms with E-state index in [1.807, 2.05) is 4.90 Å². The molecule has 0 aromatic rings. The third kappa shape index (κ3) is 23.6. The molecule has 37 heavy (non-hydrogen) atoms. The molecule has 228 valence electrons. The van der Waals surface area contributed by atoms with Crippen LogP contribution in [0.1, 0.15) is 82.1 Å². The number of rotatable bonds is 19. The molecule has 1 amide bonds. The lowest BCUT2D eigenvalue weighted by atomic mass is 10.3. The molecule has 0 spiro atoms. The van der Waals surface area contributed by atoms with Gasteiger partial charge in [0.15, 0.2) is 33.3 Å². The van der Waals surface area contributed by atoms with E-state index >= 15 is 0 Å². The number of carbonyl (C=O) groups excluding carboxylic acids is 1. The minimum absolute atomic E-state index is 0. The third-order valence-corrected chi connectivity index (χ3v) is 21.3. The van der Waals surface area contributed by atoms with Crippen molar-refractivity contribution in [1.82, 2.24) is 4.90 Å². The van der Waals surface area contributed by atoms with E-state index < -0.39 is 33.3 Å². The van der Waals surface area contributed by atoms with Crippen molar-refractivity contribution >= 4 is 39.2 Å². The van der Waals surface area contributed by atoms with E-state index in [1.165, 1.54) is 43.8 Å². The van der Waals surface area contributed by atoms with Gasteiger partial charge in [-0.05, 0) is 95.5 Å². The number of unbranched alkanes of at least 4 members (excludes halogenated alkanes) is 2. The van der Waals surface area contributed by atoms with E-state index in [9.17, 15) is 4.79 Å². The predicted octanol–water partition coefficient (Wildman–Crippen LogP) is 10.8. The van der Waals surface area contributed by atoms with Crippen LogP contribution in [0.15, 0.2) is 12.7 Å². The van der Waals surface area contributed by atoms with Crippen LogP contribution in [0.4, 0.5) is 0 Å². The zero-order valence-corrected chi connectivity index (χ0v) is 27.9. The van der Waals surface area contributed by atoms with Crippen molar-refractivity contribution < 1.29 is 13.0 Å². The van der Waals surface area contributed by atoms with Crippen LogP contribution in [-0.2, 0) is 13.0 Å². The summed E-state index contributed by atoms with van der Waals surface area (Å²) in [5.74, 6) is 0.0612. The first-order chi connectivity index (χ1) is 15.1. The van der Waals surface area contributed by atoms with Crippen LogP contribution in [0.25, 0.3) is 0 Å². The van der Waals surface area contributed by atoms with Crippen molar-refractivity contribution in [2.75, 3.05) is 13.1 Å². The average molecular weight is 596 g/mol. The minimum atomic E-state index is -1.71. The van der Waals surface area contributed by atoms with Crippen molar-refractivity contribution in [2.45, 2.75) is 159 Å². The molecule has 0 N–H and O–H groups in total. The minimum Gasteiger partial charge on any atom is -0.455 e. The Labute approximate surface area is 240 Å². The summed E-state index contributed by atoms with van der Waals surface area (Å²) in [6, 6.07) is 4.72. The molecule has 0 aromatic carbocycles. The van der Waals surface area contributed by atoms with Gasteiger partial charge in [0, 0.05) is 13.1 Å². The summed E-state index contributed by atoms with van der Waals surface area (Å²) in [7, 11) is -6.57. The monoisotopic (exact) mass is 595 g/mol. The summed E-state index contributed by atoms with van der Waals surface area (Å²) < 4.78 is 13.5. The van der Waals surface area contributed by atoms with Crippen LogP contribution in [-0.4, -0.2) is 57.2 Å². The summed E-state index contributed by atoms with van der Waals surface area (Å²) in [4.78, 5) is 14.5. The fraction of sp³-hybridized carbons (Fsp3) is 0.897. The second-order valence-corrected chi connectivity index (χ2v) is 29.9. The molecule has 0 heterocycles. The Morgan fingerprint density at radius 3 is 1.14 bits per heavy atom. The number of hydrogen-bond acceptors (Lipinski definition) is 3. The molecule has 0 saturated carbocycles. The molecule has 4 nitrogen and oxygen atoms in total. The van der Waals surface area contributed by atoms with Gasteiger partial charge < -0.3 is 13.1 Å². The van der Waals surface area contributed by atoms with Gasteiger partial charge in [0.25, 0.3) is 0 Å². The van der Waals surface area contributed by atoms with Crippen molar-refractivity contribution in [3.63, 3.8) is 0 Å². The van der Waals surface area contributed by atoms with Gasteiger partial charge in [0.2, 0.25) is 5.91 Å². The Morgan fingerprint density at radius 1 is 0.622 bits per heavy atom. The molecular weight excluding hydrogens is 523 g/mol. The lowest BCUT2D eigenvalue weighted by molar-refractivity contribution is -0.126. The first-order valence-electron chi connectivity index (χ1n) is 13.4. The highest BCUT2D eigenvalue weighted by atomic mass is 28.4. The van der Waals surface area contributed by atoms with Gasteiger partial charge in [0.05, 0.1) is 0 Å². The van der Waals surface area contributed by atoms with Gasteiger partial charge in [-0.3, -0.25) is 4.79 Å². The Balaban J connectivity index is -0.000000853. The molecule has 0 radical (unpaired) electrons. The topological polar surface area (TPSA) is 38.8 Å². The van der Waals surface area contributed by atoms with E-state index in [1.54, 1.807) is 0 Å². The maximum atomic E-state index is 12.5. The Morgan fingerprint density at radius 2 is 0.892 bits per heavy atom. The molecule has 0 aliphatic heterocycles. The Bertz CT molecular complexity index is 541. The molecule has 0 bridgehead atoms. The first kappa shape index (κ1) is 46.8. The van der Waals surface area contributed by atoms with Crippen LogP contribution < -0.4 is 0 Å². The van der Waals surface area contributed by atoms with Crippen LogP contribution in [0.3, 0.4) is 0 Å². The molecule has 8 heteroatoms. The van der Waals surface area contributed by atoms with E-state index in [-0.39, 0.29) is 35.6 Å². The van der Waals surface area contributed by atoms with Gasteiger partial charge >= 0.3 is 0 Å². The Hall–Kier alpha value is -0.00247. The first-order valence-corrected chi connectivity index (χ1v) is 25.9. The lowest BCUT2D eigenvalue weighted by Gasteiger charge is -2.35. The van der Waals surface area contributed by atoms with Crippen molar-refractivity contribution in [3.05, 3.63) is 12.7 Å². The van der Waals surface area contributed by atoms with Crippen LogP contribution in [0.2, 0.25) is 76.6 Å². The van der Waals surface area contributed by atoms with Gasteiger partial charge in [0.1, 0.15) is 0 Å². The van der Waals surface area contributed by atoms with Crippen molar-refractivity contribution in [1.29, 1.82) is 0 Å². The largest absolute Gasteiger partial charge is 0.455 e. The quantitative estimate of drug-likeness (QED) is 0.110. The average Bonchev–Trinajstić information content (AvgIpc) is 2.67. The predicted molar refractivity (Wildman–Crippen MR) is 184 cm³/mol. The van der Waals surface area contributed by atoms with Gasteiger partial charge in [-0.25, -0.2) is 0 Å². The lowest BCUT2D eigenvalue weighted by Crippen LogP contribution is -2.45. The molecule has 0 fully saturated rings. The molecule has 0 aromatic heterocycles. The van der Waals surface area contributed by atoms with Crippen LogP contribution in [0.5, 0.6) is 0 Å². The van der Waals surface area contributed by atoms with E-state index in [0.29, 0.717) is 0 Å². The molecule has 0 saturated heterocycles. The smallest absolute Gasteiger partial charge is 0.245 e. The van der Waals surface area contributed by atoms with Crippen molar-refractivity contribution in [3.8, 4) is 0 Å². The van der Waals surface area contributed by atoms with E-state index in [0.717, 1.165) is 38.0 Å². The van der Waals surface area contributed by atoms with Gasteiger partial charge in [-0.1, -0.05) is 75.8 Å². The highest BCUT2D eigenvalue weighted by molar-refractivity contribution is 6.85. The van der Waals surface area contributed by atoms with Gasteiger partial charge in [-0.2, -0.15) is 0 Å². The highest BCUT2D eigenvalue weighted by Crippen LogP contribution is 2.26. The number of hydrogen-bond donors (Lipinski definition) is 0. The fourth-order valence-electron chi connectivity index (χ4n) is 4.76. The number of nitrogens with zero attached hydrogens (tertiary/aromatic N) is 1. The summed E-state index contributed by atoms with van der Waals surface area (Å²) in [5, 5.41) is 0. The summed E-state index contributed by atoms with van der Waals surface area (Å²) >= 11 is 0. The molecule has 0 atom stereocenters. The molecule has 0 aliphatic rings. The second kappa shape index (κ2) is 21.8. The van der Waals surface area contributed by atoms with Crippen LogP contribution in [0, 0.1) is 0 Å². The fourth-order valence-corrected chi connectivity index (χ4v) is 22.8. The van der Waals surface area contributed by atoms with Crippen LogP contribution >= 0.6 is 0 Å². The molecule has 0 aliphatic carbocycles. The maximum Gasteiger partial charge on any atom is 0.245 e. The number of carbonyl (C=O) groups is 1. The van der Waals surface area contributed by atoms with Gasteiger partial charge in [-0.15, -0.1) is 0 Å². The Kier molecular flexibility index (Phi) is 27.6. The highest BCUT2D eigenvalue weighted by Gasteiger charge is 2.33. The second-order valence-electron chi connectivity index (χ2n) is 12.2. The SMILES string of the molecule is C.C.C.C.C=CC(=O)N(CCC[Si](C)(C)O[Si](C)(C)CCCC)CCC[Si](C)(C)O[Si](C)(C)CCCC. The normalized spacial score (nSPS) is 11.8. The molecule has 0 rings (SSSR count). The van der Waals surface area contributed by atoms with E-state index in [4.69, 9.17) is 8.23 Å². The summed E-state index contributed by atoms with van der Waals surface area (Å²) in [6.07, 6.45) is 8.53. The third-order valence-electron chi connectivity index (χ3n) is 6.27. The number of amides is 1. The standard InChI is InChI=1S/C25H57NO3Si4.4CH4/c1-12-15-21-30(4,5)28-32(8,9)23-17-19-26(25(27)14-3)20-18-24-33(10,11)29-31(6,7)22-16-13-2;;;;/h14H,3,12-13,15-24H2,1-2,4-11H3;4*1H4. The molecular formula is C29H73NO3Si4. The maximum absolute atomic E-state index is 12.5. The van der Waals surface area contributed by atoms with Crippen molar-refractivity contribution in [2.24, 2.45) is 0 Å². The zero-order valence-electron chi connectivity index (χ0n) is 23.9. The zero-order chi connectivity index (χ0) is 25.8. The summed E-state index contributed by atoms with van der Waals surface area (Å²) in [5.41, 5.74) is 0. The molecule has 0 unspecified atom stereocenters.